The molecular weight excluding hydrogens is 234 g/mol. The molecule has 0 aliphatic carbocycles. The molecule has 0 aromatic rings. The quantitative estimate of drug-likeness (QED) is 0.749. The lowest BCUT2D eigenvalue weighted by Crippen LogP contribution is -2.45. The van der Waals surface area contributed by atoms with Crippen molar-refractivity contribution in [3.8, 4) is 0 Å². The van der Waals surface area contributed by atoms with Crippen LogP contribution in [-0.2, 0) is 0 Å². The van der Waals surface area contributed by atoms with Crippen LogP contribution in [0.5, 0.6) is 0 Å². The summed E-state index contributed by atoms with van der Waals surface area (Å²) in [6.45, 7) is 8.00. The maximum Gasteiger partial charge on any atom is 0.0320 e. The molecule has 0 radical (unpaired) electrons. The van der Waals surface area contributed by atoms with Gasteiger partial charge >= 0.3 is 0 Å². The van der Waals surface area contributed by atoms with E-state index in [2.05, 4.69) is 49.6 Å². The minimum atomic E-state index is 0.743. The summed E-state index contributed by atoms with van der Waals surface area (Å²) in [5, 5.41) is 5.43. The molecule has 3 unspecified atom stereocenters. The number of rotatable bonds is 7. The summed E-state index contributed by atoms with van der Waals surface area (Å²) in [5.41, 5.74) is 0. The number of nitrogens with one attached hydrogen (secondary N) is 1. The van der Waals surface area contributed by atoms with Crippen LogP contribution in [0.4, 0.5) is 0 Å². The SMILES string of the molecule is CCCCC(NCC)C1SCCSC1CC. The van der Waals surface area contributed by atoms with Crippen molar-refractivity contribution in [2.45, 2.75) is 63.0 Å². The average Bonchev–Trinajstić information content (AvgIpc) is 2.34. The van der Waals surface area contributed by atoms with Crippen LogP contribution in [0.3, 0.4) is 0 Å². The van der Waals surface area contributed by atoms with Crippen LogP contribution in [0.15, 0.2) is 0 Å². The first-order valence-electron chi connectivity index (χ1n) is 6.80. The van der Waals surface area contributed by atoms with Crippen molar-refractivity contribution in [3.63, 3.8) is 0 Å². The Bertz CT molecular complexity index is 175. The van der Waals surface area contributed by atoms with Gasteiger partial charge in [0, 0.05) is 28.0 Å². The monoisotopic (exact) mass is 261 g/mol. The third-order valence-corrected chi connectivity index (χ3v) is 6.63. The molecule has 0 saturated carbocycles. The lowest BCUT2D eigenvalue weighted by Gasteiger charge is -2.36. The van der Waals surface area contributed by atoms with Gasteiger partial charge in [0.1, 0.15) is 0 Å². The highest BCUT2D eigenvalue weighted by Crippen LogP contribution is 2.36. The third kappa shape index (κ3) is 4.50. The van der Waals surface area contributed by atoms with E-state index < -0.39 is 0 Å². The molecule has 0 aromatic carbocycles. The fraction of sp³-hybridized carbons (Fsp3) is 1.00. The molecule has 1 N–H and O–H groups in total. The summed E-state index contributed by atoms with van der Waals surface area (Å²) < 4.78 is 0. The molecule has 3 heteroatoms. The summed E-state index contributed by atoms with van der Waals surface area (Å²) in [5.74, 6) is 2.70. The lowest BCUT2D eigenvalue weighted by atomic mass is 10.0. The van der Waals surface area contributed by atoms with Gasteiger partial charge in [-0.25, -0.2) is 0 Å². The first-order valence-corrected chi connectivity index (χ1v) is 8.89. The van der Waals surface area contributed by atoms with Gasteiger partial charge in [0.25, 0.3) is 0 Å². The van der Waals surface area contributed by atoms with E-state index in [0.29, 0.717) is 0 Å². The molecule has 1 heterocycles. The highest BCUT2D eigenvalue weighted by atomic mass is 32.2. The molecule has 1 fully saturated rings. The molecule has 96 valence electrons. The Labute approximate surface area is 110 Å². The van der Waals surface area contributed by atoms with Crippen molar-refractivity contribution in [3.05, 3.63) is 0 Å². The molecule has 0 bridgehead atoms. The molecule has 3 atom stereocenters. The molecule has 1 saturated heterocycles. The largest absolute Gasteiger partial charge is 0.313 e. The predicted molar refractivity (Wildman–Crippen MR) is 79.8 cm³/mol. The van der Waals surface area contributed by atoms with Crippen molar-refractivity contribution in [1.82, 2.24) is 5.32 Å². The first kappa shape index (κ1) is 14.7. The number of thioether (sulfide) groups is 2. The van der Waals surface area contributed by atoms with Crippen LogP contribution in [0.1, 0.15) is 46.5 Å². The standard InChI is InChI=1S/C13H27NS2/c1-4-7-8-11(14-6-3)13-12(5-2)15-9-10-16-13/h11-14H,4-10H2,1-3H3. The zero-order valence-electron chi connectivity index (χ0n) is 11.0. The van der Waals surface area contributed by atoms with Gasteiger partial charge in [-0.3, -0.25) is 0 Å². The zero-order valence-corrected chi connectivity index (χ0v) is 12.6. The van der Waals surface area contributed by atoms with Gasteiger partial charge in [-0.2, -0.15) is 23.5 Å². The number of unbranched alkanes of at least 4 members (excludes halogenated alkanes) is 1. The minimum absolute atomic E-state index is 0.743. The molecule has 0 spiro atoms. The summed E-state index contributed by atoms with van der Waals surface area (Å²) in [4.78, 5) is 0. The molecular formula is C13H27NS2. The van der Waals surface area contributed by atoms with Crippen LogP contribution in [0.2, 0.25) is 0 Å². The van der Waals surface area contributed by atoms with Crippen LogP contribution in [0, 0.1) is 0 Å². The van der Waals surface area contributed by atoms with E-state index in [9.17, 15) is 0 Å². The van der Waals surface area contributed by atoms with E-state index in [1.54, 1.807) is 0 Å². The Kier molecular flexibility index (Phi) is 8.01. The summed E-state index contributed by atoms with van der Waals surface area (Å²) in [6.07, 6.45) is 5.38. The van der Waals surface area contributed by atoms with Crippen LogP contribution in [-0.4, -0.2) is 34.6 Å². The summed E-state index contributed by atoms with van der Waals surface area (Å²) >= 11 is 4.41. The van der Waals surface area contributed by atoms with Gasteiger partial charge in [0.2, 0.25) is 0 Å². The molecule has 0 aromatic heterocycles. The Morgan fingerprint density at radius 2 is 1.94 bits per heavy atom. The van der Waals surface area contributed by atoms with Gasteiger partial charge in [-0.15, -0.1) is 0 Å². The van der Waals surface area contributed by atoms with Crippen LogP contribution >= 0.6 is 23.5 Å². The summed E-state index contributed by atoms with van der Waals surface area (Å²) in [6, 6.07) is 0.743. The topological polar surface area (TPSA) is 12.0 Å². The Morgan fingerprint density at radius 1 is 1.19 bits per heavy atom. The average molecular weight is 261 g/mol. The van der Waals surface area contributed by atoms with Crippen molar-refractivity contribution in [2.24, 2.45) is 0 Å². The van der Waals surface area contributed by atoms with E-state index in [1.165, 1.54) is 37.2 Å². The van der Waals surface area contributed by atoms with Crippen LogP contribution < -0.4 is 5.32 Å². The maximum absolute atomic E-state index is 3.72. The Hall–Kier alpha value is 0.660. The normalized spacial score (nSPS) is 27.9. The third-order valence-electron chi connectivity index (χ3n) is 3.23. The number of hydrogen-bond acceptors (Lipinski definition) is 3. The Morgan fingerprint density at radius 3 is 2.56 bits per heavy atom. The molecule has 0 amide bonds. The van der Waals surface area contributed by atoms with E-state index in [4.69, 9.17) is 0 Å². The molecule has 1 nitrogen and oxygen atoms in total. The first-order chi connectivity index (χ1) is 7.83. The zero-order chi connectivity index (χ0) is 11.8. The maximum atomic E-state index is 3.72. The van der Waals surface area contributed by atoms with Gasteiger partial charge in [-0.1, -0.05) is 33.6 Å². The Balaban J connectivity index is 2.51. The van der Waals surface area contributed by atoms with E-state index in [1.807, 2.05) is 0 Å². The van der Waals surface area contributed by atoms with Crippen molar-refractivity contribution in [1.29, 1.82) is 0 Å². The minimum Gasteiger partial charge on any atom is -0.313 e. The smallest absolute Gasteiger partial charge is 0.0320 e. The molecule has 1 rings (SSSR count). The predicted octanol–water partition coefficient (Wildman–Crippen LogP) is 3.78. The van der Waals surface area contributed by atoms with Gasteiger partial charge in [-0.05, 0) is 19.4 Å². The lowest BCUT2D eigenvalue weighted by molar-refractivity contribution is 0.450. The van der Waals surface area contributed by atoms with Crippen molar-refractivity contribution in [2.75, 3.05) is 18.1 Å². The van der Waals surface area contributed by atoms with Crippen LogP contribution in [0.25, 0.3) is 0 Å². The highest BCUT2D eigenvalue weighted by molar-refractivity contribution is 8.07. The van der Waals surface area contributed by atoms with Gasteiger partial charge < -0.3 is 5.32 Å². The second-order valence-electron chi connectivity index (χ2n) is 4.46. The summed E-state index contributed by atoms with van der Waals surface area (Å²) in [7, 11) is 0. The van der Waals surface area contributed by atoms with E-state index in [0.717, 1.165) is 23.1 Å². The fourth-order valence-electron chi connectivity index (χ4n) is 2.38. The van der Waals surface area contributed by atoms with E-state index in [-0.39, 0.29) is 0 Å². The second-order valence-corrected chi connectivity index (χ2v) is 7.09. The molecule has 1 aliphatic rings. The van der Waals surface area contributed by atoms with Gasteiger partial charge in [0.15, 0.2) is 0 Å². The number of hydrogen-bond donors (Lipinski definition) is 1. The van der Waals surface area contributed by atoms with E-state index >= 15 is 0 Å². The van der Waals surface area contributed by atoms with Crippen molar-refractivity contribution < 1.29 is 0 Å². The highest BCUT2D eigenvalue weighted by Gasteiger charge is 2.30. The van der Waals surface area contributed by atoms with Gasteiger partial charge in [0.05, 0.1) is 0 Å². The second kappa shape index (κ2) is 8.71. The molecule has 16 heavy (non-hydrogen) atoms. The van der Waals surface area contributed by atoms with Crippen molar-refractivity contribution >= 4 is 23.5 Å². The molecule has 1 aliphatic heterocycles. The fourth-order valence-corrected chi connectivity index (χ4v) is 5.68.